The zero-order valence-corrected chi connectivity index (χ0v) is 21.3. The van der Waals surface area contributed by atoms with Gasteiger partial charge >= 0.3 is 0 Å². The van der Waals surface area contributed by atoms with Gasteiger partial charge in [-0.25, -0.2) is 0 Å². The molecule has 4 aromatic rings. The number of aliphatic hydroxyl groups is 1. The lowest BCUT2D eigenvalue weighted by molar-refractivity contribution is -0.130. The van der Waals surface area contributed by atoms with E-state index in [0.29, 0.717) is 40.4 Å². The number of ketones is 1. The number of carbonyl (C=O) groups excluding carboxylic acids is 2. The molecule has 2 heterocycles. The normalized spacial score (nSPS) is 15.3. The molecule has 0 saturated heterocycles. The topological polar surface area (TPSA) is 98.4 Å². The molecule has 8 heteroatoms. The molecule has 0 radical (unpaired) electrons. The largest absolute Gasteiger partial charge is 0.503 e. The molecule has 1 atom stereocenters. The lowest BCUT2D eigenvalue weighted by Gasteiger charge is -2.27. The maximum Gasteiger partial charge on any atom is 0.290 e. The van der Waals surface area contributed by atoms with Crippen molar-refractivity contribution in [1.29, 1.82) is 0 Å². The minimum atomic E-state index is -0.845. The third-order valence-corrected chi connectivity index (χ3v) is 6.52. The summed E-state index contributed by atoms with van der Waals surface area (Å²) in [5, 5.41) is 11.7. The third-order valence-electron chi connectivity index (χ3n) is 6.52. The maximum absolute atomic E-state index is 13.8. The monoisotopic (exact) mass is 513 g/mol. The molecule has 0 aliphatic carbocycles. The van der Waals surface area contributed by atoms with Crippen LogP contribution in [0.3, 0.4) is 0 Å². The van der Waals surface area contributed by atoms with Crippen LogP contribution >= 0.6 is 0 Å². The number of Topliss-reactive ketones (excluding diaryl/α,β-unsaturated/α-hetero) is 1. The van der Waals surface area contributed by atoms with Gasteiger partial charge in [-0.15, -0.1) is 0 Å². The van der Waals surface area contributed by atoms with Crippen LogP contribution in [0, 0.1) is 0 Å². The van der Waals surface area contributed by atoms with Crippen LogP contribution in [0.15, 0.2) is 88.5 Å². The van der Waals surface area contributed by atoms with Gasteiger partial charge in [0.2, 0.25) is 5.78 Å². The van der Waals surface area contributed by atoms with Crippen LogP contribution in [0.4, 0.5) is 0 Å². The van der Waals surface area contributed by atoms with Gasteiger partial charge in [0, 0.05) is 11.9 Å². The lowest BCUT2D eigenvalue weighted by Crippen LogP contribution is -2.30. The van der Waals surface area contributed by atoms with Crippen LogP contribution in [-0.4, -0.2) is 42.5 Å². The Morgan fingerprint density at radius 3 is 2.34 bits per heavy atom. The van der Waals surface area contributed by atoms with E-state index < -0.39 is 23.5 Å². The number of ether oxygens (including phenoxy) is 3. The van der Waals surface area contributed by atoms with E-state index in [1.54, 1.807) is 67.8 Å². The molecule has 8 nitrogen and oxygen atoms in total. The highest BCUT2D eigenvalue weighted by Crippen LogP contribution is 2.41. The molecule has 3 aromatic carbocycles. The van der Waals surface area contributed by atoms with Crippen molar-refractivity contribution in [2.45, 2.75) is 19.5 Å². The second kappa shape index (κ2) is 10.3. The molecule has 1 N–H and O–H groups in total. The van der Waals surface area contributed by atoms with Crippen molar-refractivity contribution in [2.24, 2.45) is 0 Å². The number of para-hydroxylation sites is 1. The van der Waals surface area contributed by atoms with Crippen LogP contribution in [0.25, 0.3) is 11.0 Å². The summed E-state index contributed by atoms with van der Waals surface area (Å²) >= 11 is 0. The fourth-order valence-electron chi connectivity index (χ4n) is 4.68. The summed E-state index contributed by atoms with van der Waals surface area (Å²) < 4.78 is 22.0. The lowest BCUT2D eigenvalue weighted by atomic mass is 9.94. The molecular formula is C30H27NO7. The van der Waals surface area contributed by atoms with E-state index in [0.717, 1.165) is 5.56 Å². The number of rotatable bonds is 9. The van der Waals surface area contributed by atoms with Gasteiger partial charge in [0.05, 0.1) is 32.4 Å². The Morgan fingerprint density at radius 1 is 0.974 bits per heavy atom. The summed E-state index contributed by atoms with van der Waals surface area (Å²) in [6.07, 6.45) is 0. The molecule has 0 saturated carbocycles. The van der Waals surface area contributed by atoms with Crippen molar-refractivity contribution in [3.05, 3.63) is 101 Å². The molecule has 0 spiro atoms. The summed E-state index contributed by atoms with van der Waals surface area (Å²) in [7, 11) is 3.09. The predicted octanol–water partition coefficient (Wildman–Crippen LogP) is 5.63. The Kier molecular flexibility index (Phi) is 6.79. The average Bonchev–Trinajstić information content (AvgIpc) is 3.49. The van der Waals surface area contributed by atoms with E-state index >= 15 is 0 Å². The van der Waals surface area contributed by atoms with Crippen LogP contribution in [0.2, 0.25) is 0 Å². The fourth-order valence-corrected chi connectivity index (χ4v) is 4.68. The molecule has 0 bridgehead atoms. The Hall–Kier alpha value is -4.72. The van der Waals surface area contributed by atoms with E-state index in [-0.39, 0.29) is 17.9 Å². The number of furan rings is 1. The van der Waals surface area contributed by atoms with Crippen molar-refractivity contribution >= 4 is 22.7 Å². The average molecular weight is 514 g/mol. The van der Waals surface area contributed by atoms with Gasteiger partial charge in [-0.05, 0) is 54.4 Å². The highest BCUT2D eigenvalue weighted by atomic mass is 16.5. The Bertz CT molecular complexity index is 1520. The Morgan fingerprint density at radius 2 is 1.68 bits per heavy atom. The fraction of sp³-hybridized carbons (Fsp3) is 0.200. The third kappa shape index (κ3) is 4.45. The number of benzene rings is 3. The highest BCUT2D eigenvalue weighted by molar-refractivity contribution is 6.16. The Balaban J connectivity index is 1.57. The first kappa shape index (κ1) is 25.0. The smallest absolute Gasteiger partial charge is 0.290 e. The van der Waals surface area contributed by atoms with Crippen LogP contribution in [-0.2, 0) is 11.3 Å². The van der Waals surface area contributed by atoms with Gasteiger partial charge in [0.25, 0.3) is 5.91 Å². The van der Waals surface area contributed by atoms with Gasteiger partial charge < -0.3 is 28.6 Å². The number of nitrogens with zero attached hydrogens (tertiary/aromatic N) is 1. The number of fused-ring (bicyclic) bond motifs is 1. The molecule has 0 fully saturated rings. The summed E-state index contributed by atoms with van der Waals surface area (Å²) in [6.45, 7) is 2.56. The molecule has 38 heavy (non-hydrogen) atoms. The zero-order valence-electron chi connectivity index (χ0n) is 21.3. The van der Waals surface area contributed by atoms with Crippen molar-refractivity contribution in [3.8, 4) is 17.2 Å². The number of hydrogen-bond acceptors (Lipinski definition) is 7. The molecule has 5 rings (SSSR count). The van der Waals surface area contributed by atoms with E-state index in [4.69, 9.17) is 18.6 Å². The molecule has 1 aliphatic rings. The number of carbonyl (C=O) groups is 2. The summed E-state index contributed by atoms with van der Waals surface area (Å²) in [6, 6.07) is 20.5. The number of amides is 1. The van der Waals surface area contributed by atoms with Crippen LogP contribution in [0.1, 0.15) is 34.6 Å². The quantitative estimate of drug-likeness (QED) is 0.290. The van der Waals surface area contributed by atoms with Crippen LogP contribution in [0.5, 0.6) is 17.2 Å². The number of methoxy groups -OCH3 is 2. The first-order valence-electron chi connectivity index (χ1n) is 12.2. The van der Waals surface area contributed by atoms with Crippen molar-refractivity contribution < 1.29 is 33.3 Å². The first-order chi connectivity index (χ1) is 18.4. The van der Waals surface area contributed by atoms with Crippen molar-refractivity contribution in [3.63, 3.8) is 0 Å². The van der Waals surface area contributed by atoms with E-state index in [2.05, 4.69) is 0 Å². The first-order valence-corrected chi connectivity index (χ1v) is 12.2. The van der Waals surface area contributed by atoms with Gasteiger partial charge in [-0.2, -0.15) is 0 Å². The van der Waals surface area contributed by atoms with Gasteiger partial charge in [-0.3, -0.25) is 9.59 Å². The maximum atomic E-state index is 13.8. The molecular weight excluding hydrogens is 486 g/mol. The summed E-state index contributed by atoms with van der Waals surface area (Å²) in [5.74, 6) is -0.00115. The number of aliphatic hydroxyl groups excluding tert-OH is 1. The zero-order chi connectivity index (χ0) is 26.8. The molecule has 1 unspecified atom stereocenters. The minimum absolute atomic E-state index is 0.00100. The van der Waals surface area contributed by atoms with E-state index in [1.165, 1.54) is 12.0 Å². The molecule has 1 amide bonds. The predicted molar refractivity (Wildman–Crippen MR) is 141 cm³/mol. The van der Waals surface area contributed by atoms with E-state index in [9.17, 15) is 14.7 Å². The van der Waals surface area contributed by atoms with Crippen LogP contribution < -0.4 is 14.2 Å². The highest BCUT2D eigenvalue weighted by Gasteiger charge is 2.44. The summed E-state index contributed by atoms with van der Waals surface area (Å²) in [5.41, 5.74) is 1.82. The minimum Gasteiger partial charge on any atom is -0.503 e. The molecule has 194 valence electrons. The number of hydrogen-bond donors (Lipinski definition) is 1. The Labute approximate surface area is 219 Å². The second-order valence-corrected chi connectivity index (χ2v) is 8.77. The van der Waals surface area contributed by atoms with Gasteiger partial charge in [0.15, 0.2) is 22.9 Å². The van der Waals surface area contributed by atoms with E-state index in [1.807, 2.05) is 19.1 Å². The van der Waals surface area contributed by atoms with Gasteiger partial charge in [-0.1, -0.05) is 36.4 Å². The standard InChI is InChI=1S/C30H27NO7/c1-4-37-22-14-10-19(11-15-22)26-25(27(32)24-16-20-6-5-7-23(36-3)29(20)38-24)28(33)30(34)31(26)17-18-8-12-21(35-2)13-9-18/h5-16,26,33H,4,17H2,1-3H3. The molecule has 1 aliphatic heterocycles. The van der Waals surface area contributed by atoms with Crippen molar-refractivity contribution in [2.75, 3.05) is 20.8 Å². The molecule has 1 aromatic heterocycles. The summed E-state index contributed by atoms with van der Waals surface area (Å²) in [4.78, 5) is 28.7. The second-order valence-electron chi connectivity index (χ2n) is 8.77. The SMILES string of the molecule is CCOc1ccc(C2C(C(=O)c3cc4cccc(OC)c4o3)=C(O)C(=O)N2Cc2ccc(OC)cc2)cc1. The van der Waals surface area contributed by atoms with Gasteiger partial charge in [0.1, 0.15) is 11.5 Å². The van der Waals surface area contributed by atoms with Crippen molar-refractivity contribution in [1.82, 2.24) is 4.90 Å².